The SMILES string of the molecule is COc1ccc2c(c1)CCCC2NC(=O)C1(CN)CCOCC1. The number of nitrogens with two attached hydrogens (primary N) is 1. The van der Waals surface area contributed by atoms with Crippen LogP contribution in [0.5, 0.6) is 5.75 Å². The quantitative estimate of drug-likeness (QED) is 0.890. The van der Waals surface area contributed by atoms with Crippen LogP contribution < -0.4 is 15.8 Å². The number of amides is 1. The highest BCUT2D eigenvalue weighted by Gasteiger charge is 2.40. The van der Waals surface area contributed by atoms with Gasteiger partial charge in [0.25, 0.3) is 0 Å². The topological polar surface area (TPSA) is 73.6 Å². The van der Waals surface area contributed by atoms with Crippen LogP contribution in [0.3, 0.4) is 0 Å². The van der Waals surface area contributed by atoms with Crippen molar-refractivity contribution in [1.29, 1.82) is 0 Å². The van der Waals surface area contributed by atoms with E-state index in [0.29, 0.717) is 32.6 Å². The van der Waals surface area contributed by atoms with Gasteiger partial charge in [-0.05, 0) is 55.4 Å². The van der Waals surface area contributed by atoms with Crippen molar-refractivity contribution in [2.45, 2.75) is 38.1 Å². The Balaban J connectivity index is 1.77. The van der Waals surface area contributed by atoms with Crippen LogP contribution in [-0.2, 0) is 16.0 Å². The maximum Gasteiger partial charge on any atom is 0.228 e. The Morgan fingerprint density at radius 1 is 1.43 bits per heavy atom. The van der Waals surface area contributed by atoms with Gasteiger partial charge < -0.3 is 20.5 Å². The molecule has 1 unspecified atom stereocenters. The third kappa shape index (κ3) is 3.21. The highest BCUT2D eigenvalue weighted by atomic mass is 16.5. The molecular formula is C18H26N2O3. The maximum absolute atomic E-state index is 12.9. The first-order valence-electron chi connectivity index (χ1n) is 8.44. The van der Waals surface area contributed by atoms with Gasteiger partial charge in [0.1, 0.15) is 5.75 Å². The molecule has 23 heavy (non-hydrogen) atoms. The summed E-state index contributed by atoms with van der Waals surface area (Å²) in [5.74, 6) is 0.954. The van der Waals surface area contributed by atoms with Crippen LogP contribution in [0.15, 0.2) is 18.2 Å². The summed E-state index contributed by atoms with van der Waals surface area (Å²) in [5.41, 5.74) is 7.96. The van der Waals surface area contributed by atoms with E-state index < -0.39 is 5.41 Å². The number of ether oxygens (including phenoxy) is 2. The first-order valence-corrected chi connectivity index (χ1v) is 8.44. The first-order chi connectivity index (χ1) is 11.2. The van der Waals surface area contributed by atoms with Gasteiger partial charge in [-0.25, -0.2) is 0 Å². The molecule has 3 N–H and O–H groups in total. The third-order valence-electron chi connectivity index (χ3n) is 5.29. The van der Waals surface area contributed by atoms with Crippen molar-refractivity contribution in [3.05, 3.63) is 29.3 Å². The molecule has 5 nitrogen and oxygen atoms in total. The van der Waals surface area contributed by atoms with Crippen LogP contribution in [0.25, 0.3) is 0 Å². The van der Waals surface area contributed by atoms with E-state index in [0.717, 1.165) is 25.0 Å². The highest BCUT2D eigenvalue weighted by Crippen LogP contribution is 2.35. The molecule has 1 heterocycles. The molecule has 5 heteroatoms. The third-order valence-corrected chi connectivity index (χ3v) is 5.29. The number of carbonyl (C=O) groups is 1. The minimum atomic E-state index is -0.470. The Kier molecular flexibility index (Phi) is 4.87. The van der Waals surface area contributed by atoms with E-state index in [1.807, 2.05) is 6.07 Å². The number of benzene rings is 1. The van der Waals surface area contributed by atoms with Crippen molar-refractivity contribution in [2.24, 2.45) is 11.1 Å². The number of aryl methyl sites for hydroxylation is 1. The fourth-order valence-electron chi connectivity index (χ4n) is 3.66. The Morgan fingerprint density at radius 2 is 2.22 bits per heavy atom. The maximum atomic E-state index is 12.9. The molecule has 1 aromatic rings. The van der Waals surface area contributed by atoms with Gasteiger partial charge in [-0.1, -0.05) is 6.07 Å². The molecule has 2 aliphatic rings. The molecule has 1 atom stereocenters. The fraction of sp³-hybridized carbons (Fsp3) is 0.611. The lowest BCUT2D eigenvalue weighted by atomic mass is 9.78. The van der Waals surface area contributed by atoms with Gasteiger partial charge >= 0.3 is 0 Å². The summed E-state index contributed by atoms with van der Waals surface area (Å²) in [6, 6.07) is 6.21. The number of carbonyl (C=O) groups excluding carboxylic acids is 1. The van der Waals surface area contributed by atoms with Gasteiger partial charge in [-0.3, -0.25) is 4.79 Å². The molecule has 0 saturated carbocycles. The van der Waals surface area contributed by atoms with Crippen molar-refractivity contribution < 1.29 is 14.3 Å². The minimum absolute atomic E-state index is 0.0726. The Labute approximate surface area is 137 Å². The zero-order valence-corrected chi connectivity index (χ0v) is 13.8. The number of nitrogens with one attached hydrogen (secondary N) is 1. The van der Waals surface area contributed by atoms with Crippen LogP contribution in [0.2, 0.25) is 0 Å². The molecule has 1 saturated heterocycles. The van der Waals surface area contributed by atoms with Crippen molar-refractivity contribution >= 4 is 5.91 Å². The molecule has 0 bridgehead atoms. The van der Waals surface area contributed by atoms with Crippen LogP contribution >= 0.6 is 0 Å². The van der Waals surface area contributed by atoms with Crippen LogP contribution in [0.1, 0.15) is 42.9 Å². The Morgan fingerprint density at radius 3 is 2.91 bits per heavy atom. The van der Waals surface area contributed by atoms with E-state index in [9.17, 15) is 4.79 Å². The Bertz CT molecular complexity index is 567. The molecule has 1 fully saturated rings. The monoisotopic (exact) mass is 318 g/mol. The molecule has 1 aliphatic carbocycles. The lowest BCUT2D eigenvalue weighted by Gasteiger charge is -2.37. The molecule has 0 spiro atoms. The van der Waals surface area contributed by atoms with Crippen LogP contribution in [0.4, 0.5) is 0 Å². The Hall–Kier alpha value is -1.59. The van der Waals surface area contributed by atoms with Crippen LogP contribution in [0, 0.1) is 5.41 Å². The predicted octanol–water partition coefficient (Wildman–Crippen LogP) is 1.94. The highest BCUT2D eigenvalue weighted by molar-refractivity contribution is 5.83. The number of hydrogen-bond donors (Lipinski definition) is 2. The van der Waals surface area contributed by atoms with Crippen molar-refractivity contribution in [2.75, 3.05) is 26.9 Å². The second-order valence-electron chi connectivity index (χ2n) is 6.58. The molecule has 3 rings (SSSR count). The molecular weight excluding hydrogens is 292 g/mol. The molecule has 0 radical (unpaired) electrons. The van der Waals surface area contributed by atoms with E-state index in [1.165, 1.54) is 11.1 Å². The summed E-state index contributed by atoms with van der Waals surface area (Å²) in [6.07, 6.45) is 4.50. The lowest BCUT2D eigenvalue weighted by molar-refractivity contribution is -0.136. The number of hydrogen-bond acceptors (Lipinski definition) is 4. The van der Waals surface area contributed by atoms with Gasteiger partial charge in [0, 0.05) is 19.8 Å². The number of methoxy groups -OCH3 is 1. The second kappa shape index (κ2) is 6.89. The van der Waals surface area contributed by atoms with E-state index in [2.05, 4.69) is 17.4 Å². The van der Waals surface area contributed by atoms with Crippen molar-refractivity contribution in [3.63, 3.8) is 0 Å². The van der Waals surface area contributed by atoms with Crippen molar-refractivity contribution in [3.8, 4) is 5.75 Å². The standard InChI is InChI=1S/C18H26N2O3/c1-22-14-5-6-15-13(11-14)3-2-4-16(15)20-17(21)18(12-19)7-9-23-10-8-18/h5-6,11,16H,2-4,7-10,12,19H2,1H3,(H,20,21). The van der Waals surface area contributed by atoms with E-state index >= 15 is 0 Å². The summed E-state index contributed by atoms with van der Waals surface area (Å²) < 4.78 is 10.7. The average molecular weight is 318 g/mol. The minimum Gasteiger partial charge on any atom is -0.497 e. The predicted molar refractivity (Wildman–Crippen MR) is 88.4 cm³/mol. The van der Waals surface area contributed by atoms with E-state index in [-0.39, 0.29) is 11.9 Å². The van der Waals surface area contributed by atoms with Crippen LogP contribution in [-0.4, -0.2) is 32.8 Å². The zero-order chi connectivity index (χ0) is 16.3. The van der Waals surface area contributed by atoms with E-state index in [4.69, 9.17) is 15.2 Å². The summed E-state index contributed by atoms with van der Waals surface area (Å²) in [6.45, 7) is 1.61. The largest absolute Gasteiger partial charge is 0.497 e. The zero-order valence-electron chi connectivity index (χ0n) is 13.8. The second-order valence-corrected chi connectivity index (χ2v) is 6.58. The summed E-state index contributed by atoms with van der Waals surface area (Å²) >= 11 is 0. The number of fused-ring (bicyclic) bond motifs is 1. The smallest absolute Gasteiger partial charge is 0.228 e. The number of rotatable bonds is 4. The van der Waals surface area contributed by atoms with Gasteiger partial charge in [-0.2, -0.15) is 0 Å². The summed E-state index contributed by atoms with van der Waals surface area (Å²) in [7, 11) is 1.68. The van der Waals surface area contributed by atoms with E-state index in [1.54, 1.807) is 7.11 Å². The molecule has 1 aliphatic heterocycles. The molecule has 1 amide bonds. The normalized spacial score (nSPS) is 23.0. The molecule has 1 aromatic carbocycles. The molecule has 126 valence electrons. The first kappa shape index (κ1) is 16.3. The summed E-state index contributed by atoms with van der Waals surface area (Å²) in [4.78, 5) is 12.9. The van der Waals surface area contributed by atoms with Gasteiger partial charge in [0.15, 0.2) is 0 Å². The van der Waals surface area contributed by atoms with Crippen molar-refractivity contribution in [1.82, 2.24) is 5.32 Å². The van der Waals surface area contributed by atoms with Gasteiger partial charge in [-0.15, -0.1) is 0 Å². The van der Waals surface area contributed by atoms with Gasteiger partial charge in [0.2, 0.25) is 5.91 Å². The molecule has 0 aromatic heterocycles. The average Bonchev–Trinajstić information content (AvgIpc) is 2.62. The lowest BCUT2D eigenvalue weighted by Crippen LogP contribution is -2.50. The van der Waals surface area contributed by atoms with Gasteiger partial charge in [0.05, 0.1) is 18.6 Å². The fourth-order valence-corrected chi connectivity index (χ4v) is 3.66. The summed E-state index contributed by atoms with van der Waals surface area (Å²) in [5, 5.41) is 3.26.